The average Bonchev–Trinajstić information content (AvgIpc) is 2.28. The predicted molar refractivity (Wildman–Crippen MR) is 75.3 cm³/mol. The lowest BCUT2D eigenvalue weighted by atomic mass is 10.1. The summed E-state index contributed by atoms with van der Waals surface area (Å²) < 4.78 is 0. The number of rotatable bonds is 4. The van der Waals surface area contributed by atoms with Crippen molar-refractivity contribution in [2.75, 3.05) is 24.3 Å². The number of nitrogens with zero attached hydrogens (tertiary/aromatic N) is 1. The van der Waals surface area contributed by atoms with Crippen molar-refractivity contribution >= 4 is 34.5 Å². The summed E-state index contributed by atoms with van der Waals surface area (Å²) in [7, 11) is 3.89. The molecule has 5 heteroatoms. The molecule has 0 bridgehead atoms. The number of hydrogen-bond acceptors (Lipinski definition) is 3. The van der Waals surface area contributed by atoms with Crippen LogP contribution >= 0.6 is 12.2 Å². The molecule has 0 aliphatic carbocycles. The second kappa shape index (κ2) is 5.63. The molecule has 0 saturated carbocycles. The molecule has 0 fully saturated rings. The van der Waals surface area contributed by atoms with Crippen LogP contribution in [0.3, 0.4) is 0 Å². The van der Waals surface area contributed by atoms with Gasteiger partial charge in [-0.2, -0.15) is 0 Å². The van der Waals surface area contributed by atoms with Crippen LogP contribution in [0.25, 0.3) is 0 Å². The van der Waals surface area contributed by atoms with Crippen molar-refractivity contribution in [3.05, 3.63) is 24.3 Å². The van der Waals surface area contributed by atoms with Gasteiger partial charge in [-0.15, -0.1) is 0 Å². The Hall–Kier alpha value is -1.62. The lowest BCUT2D eigenvalue weighted by Gasteiger charge is -2.15. The Morgan fingerprint density at radius 1 is 1.47 bits per heavy atom. The molecule has 1 unspecified atom stereocenters. The summed E-state index contributed by atoms with van der Waals surface area (Å²) in [6.07, 6.45) is 0. The first kappa shape index (κ1) is 13.4. The second-order valence-electron chi connectivity index (χ2n) is 4.06. The number of carbonyl (C=O) groups excluding carboxylic acids is 1. The lowest BCUT2D eigenvalue weighted by molar-refractivity contribution is -0.117. The van der Waals surface area contributed by atoms with Gasteiger partial charge in [0.25, 0.3) is 0 Å². The van der Waals surface area contributed by atoms with Crippen LogP contribution in [0.4, 0.5) is 11.4 Å². The van der Waals surface area contributed by atoms with Gasteiger partial charge in [0, 0.05) is 25.5 Å². The first-order chi connectivity index (χ1) is 7.91. The van der Waals surface area contributed by atoms with Crippen molar-refractivity contribution in [3.8, 4) is 0 Å². The molecule has 92 valence electrons. The summed E-state index contributed by atoms with van der Waals surface area (Å²) in [5.74, 6) is -0.651. The Morgan fingerprint density at radius 2 is 2.12 bits per heavy atom. The minimum Gasteiger partial charge on any atom is -0.393 e. The van der Waals surface area contributed by atoms with Gasteiger partial charge >= 0.3 is 0 Å². The van der Waals surface area contributed by atoms with Crippen molar-refractivity contribution in [2.45, 2.75) is 6.92 Å². The number of nitrogens with two attached hydrogens (primary N) is 1. The molecule has 0 saturated heterocycles. The summed E-state index contributed by atoms with van der Waals surface area (Å²) in [4.78, 5) is 13.9. The van der Waals surface area contributed by atoms with Crippen molar-refractivity contribution in [1.29, 1.82) is 0 Å². The third kappa shape index (κ3) is 3.71. The SMILES string of the molecule is CC(C(=O)Nc1cccc(N(C)C)c1)C(N)=S. The van der Waals surface area contributed by atoms with Crippen LogP contribution in [-0.4, -0.2) is 25.0 Å². The normalized spacial score (nSPS) is 11.7. The zero-order valence-electron chi connectivity index (χ0n) is 10.2. The van der Waals surface area contributed by atoms with Crippen LogP contribution in [0.2, 0.25) is 0 Å². The van der Waals surface area contributed by atoms with Gasteiger partial charge < -0.3 is 16.0 Å². The Morgan fingerprint density at radius 3 is 2.65 bits per heavy atom. The number of nitrogens with one attached hydrogen (secondary N) is 1. The number of hydrogen-bond donors (Lipinski definition) is 2. The summed E-state index contributed by atoms with van der Waals surface area (Å²) in [5, 5.41) is 2.79. The van der Waals surface area contributed by atoms with E-state index in [2.05, 4.69) is 5.32 Å². The number of amides is 1. The fourth-order valence-corrected chi connectivity index (χ4v) is 1.35. The Kier molecular flexibility index (Phi) is 4.45. The van der Waals surface area contributed by atoms with Gasteiger partial charge in [0.1, 0.15) is 0 Å². The van der Waals surface area contributed by atoms with Gasteiger partial charge in [0.15, 0.2) is 0 Å². The highest BCUT2D eigenvalue weighted by Crippen LogP contribution is 2.17. The molecule has 4 nitrogen and oxygen atoms in total. The van der Waals surface area contributed by atoms with E-state index in [9.17, 15) is 4.79 Å². The molecule has 17 heavy (non-hydrogen) atoms. The molecule has 1 atom stereocenters. The minimum absolute atomic E-state index is 0.187. The van der Waals surface area contributed by atoms with Crippen molar-refractivity contribution in [2.24, 2.45) is 11.7 Å². The van der Waals surface area contributed by atoms with E-state index in [1.165, 1.54) is 0 Å². The average molecular weight is 251 g/mol. The van der Waals surface area contributed by atoms with Gasteiger partial charge in [0.05, 0.1) is 10.9 Å². The molecule has 0 aliphatic rings. The molecule has 0 spiro atoms. The van der Waals surface area contributed by atoms with E-state index >= 15 is 0 Å². The van der Waals surface area contributed by atoms with E-state index < -0.39 is 5.92 Å². The molecule has 0 radical (unpaired) electrons. The predicted octanol–water partition coefficient (Wildman–Crippen LogP) is 1.61. The topological polar surface area (TPSA) is 58.4 Å². The van der Waals surface area contributed by atoms with Crippen molar-refractivity contribution < 1.29 is 4.79 Å². The van der Waals surface area contributed by atoms with Gasteiger partial charge in [-0.25, -0.2) is 0 Å². The Balaban J connectivity index is 2.78. The van der Waals surface area contributed by atoms with E-state index in [1.54, 1.807) is 6.92 Å². The van der Waals surface area contributed by atoms with Crippen LogP contribution in [0.15, 0.2) is 24.3 Å². The zero-order valence-corrected chi connectivity index (χ0v) is 11.0. The van der Waals surface area contributed by atoms with Crippen LogP contribution in [0, 0.1) is 5.92 Å². The van der Waals surface area contributed by atoms with Gasteiger partial charge in [-0.05, 0) is 25.1 Å². The Labute approximate surface area is 107 Å². The van der Waals surface area contributed by atoms with Crippen molar-refractivity contribution in [3.63, 3.8) is 0 Å². The highest BCUT2D eigenvalue weighted by atomic mass is 32.1. The quantitative estimate of drug-likeness (QED) is 0.798. The highest BCUT2D eigenvalue weighted by molar-refractivity contribution is 7.80. The molecule has 1 rings (SSSR count). The molecule has 3 N–H and O–H groups in total. The minimum atomic E-state index is -0.465. The molecular weight excluding hydrogens is 234 g/mol. The van der Waals surface area contributed by atoms with Gasteiger partial charge in [-0.3, -0.25) is 4.79 Å². The van der Waals surface area contributed by atoms with Gasteiger partial charge in [-0.1, -0.05) is 18.3 Å². The third-order valence-electron chi connectivity index (χ3n) is 2.45. The molecule has 1 aromatic carbocycles. The van der Waals surface area contributed by atoms with Crippen LogP contribution in [-0.2, 0) is 4.79 Å². The first-order valence-corrected chi connectivity index (χ1v) is 5.70. The molecule has 0 aromatic heterocycles. The van der Waals surface area contributed by atoms with Crippen LogP contribution in [0.5, 0.6) is 0 Å². The molecule has 1 aromatic rings. The largest absolute Gasteiger partial charge is 0.393 e. The molecule has 1 amide bonds. The maximum atomic E-state index is 11.7. The fourth-order valence-electron chi connectivity index (χ4n) is 1.24. The number of carbonyl (C=O) groups is 1. The smallest absolute Gasteiger partial charge is 0.234 e. The summed E-state index contributed by atoms with van der Waals surface area (Å²) >= 11 is 4.79. The fraction of sp³-hybridized carbons (Fsp3) is 0.333. The summed E-state index contributed by atoms with van der Waals surface area (Å²) in [6, 6.07) is 7.57. The standard InChI is InChI=1S/C12H17N3OS/c1-8(11(13)17)12(16)14-9-5-4-6-10(7-9)15(2)3/h4-8H,1-3H3,(H2,13,17)(H,14,16). The van der Waals surface area contributed by atoms with E-state index in [-0.39, 0.29) is 10.9 Å². The zero-order chi connectivity index (χ0) is 13.0. The van der Waals surface area contributed by atoms with Crippen LogP contribution in [0.1, 0.15) is 6.92 Å². The van der Waals surface area contributed by atoms with E-state index in [1.807, 2.05) is 43.3 Å². The summed E-state index contributed by atoms with van der Waals surface area (Å²) in [5.41, 5.74) is 7.19. The van der Waals surface area contributed by atoms with E-state index in [4.69, 9.17) is 18.0 Å². The molecule has 0 heterocycles. The van der Waals surface area contributed by atoms with Gasteiger partial charge in [0.2, 0.25) is 5.91 Å². The van der Waals surface area contributed by atoms with Crippen LogP contribution < -0.4 is 16.0 Å². The number of benzene rings is 1. The second-order valence-corrected chi connectivity index (χ2v) is 4.53. The monoisotopic (exact) mass is 251 g/mol. The Bertz CT molecular complexity index is 432. The molecular formula is C12H17N3OS. The summed E-state index contributed by atoms with van der Waals surface area (Å²) in [6.45, 7) is 1.69. The highest BCUT2D eigenvalue weighted by Gasteiger charge is 2.15. The van der Waals surface area contributed by atoms with E-state index in [0.717, 1.165) is 11.4 Å². The van der Waals surface area contributed by atoms with E-state index in [0.29, 0.717) is 0 Å². The number of anilines is 2. The maximum absolute atomic E-state index is 11.7. The molecule has 0 aliphatic heterocycles. The maximum Gasteiger partial charge on any atom is 0.234 e. The third-order valence-corrected chi connectivity index (χ3v) is 2.80. The van der Waals surface area contributed by atoms with Crippen molar-refractivity contribution in [1.82, 2.24) is 0 Å². The number of thiocarbonyl (C=S) groups is 1. The first-order valence-electron chi connectivity index (χ1n) is 5.29. The lowest BCUT2D eigenvalue weighted by Crippen LogP contribution is -2.30.